The highest BCUT2D eigenvalue weighted by Crippen LogP contribution is 2.25. The molecule has 0 aliphatic carbocycles. The Labute approximate surface area is 147 Å². The molecule has 0 radical (unpaired) electrons. The summed E-state index contributed by atoms with van der Waals surface area (Å²) in [6, 6.07) is 11.1. The minimum Gasteiger partial charge on any atom is -0.477 e. The van der Waals surface area contributed by atoms with Gasteiger partial charge in [-0.15, -0.1) is 10.2 Å². The number of carboxylic acid groups (broad SMARTS) is 1. The van der Waals surface area contributed by atoms with Crippen LogP contribution in [0.15, 0.2) is 36.4 Å². The zero-order valence-electron chi connectivity index (χ0n) is 14.7. The van der Waals surface area contributed by atoms with Gasteiger partial charge >= 0.3 is 6.09 Å². The number of hydrogen-bond acceptors (Lipinski definition) is 5. The monoisotopic (exact) mass is 345 g/mol. The lowest BCUT2D eigenvalue weighted by Crippen LogP contribution is -2.40. The molecule has 0 atom stereocenters. The standard InChI is InChI=1S/C18H23N3O4/c1-18(2,19-17(22)23)14-7-4-6-13(12-14)15-8-9-16(21-20-15)25-11-5-10-24-3/h4,6-9,12,19H,5,10-11H2,1-3H3,(H,22,23). The third-order valence-corrected chi connectivity index (χ3v) is 3.68. The van der Waals surface area contributed by atoms with Gasteiger partial charge in [0.1, 0.15) is 0 Å². The molecule has 7 heteroatoms. The molecule has 25 heavy (non-hydrogen) atoms. The van der Waals surface area contributed by atoms with Gasteiger partial charge in [-0.05, 0) is 31.5 Å². The fraction of sp³-hybridized carbons (Fsp3) is 0.389. The maximum absolute atomic E-state index is 11.0. The molecular weight excluding hydrogens is 322 g/mol. The van der Waals surface area contributed by atoms with E-state index in [1.165, 1.54) is 0 Å². The van der Waals surface area contributed by atoms with Crippen molar-refractivity contribution in [2.45, 2.75) is 25.8 Å². The summed E-state index contributed by atoms with van der Waals surface area (Å²) in [5.74, 6) is 0.462. The third-order valence-electron chi connectivity index (χ3n) is 3.68. The average Bonchev–Trinajstić information content (AvgIpc) is 2.58. The summed E-state index contributed by atoms with van der Waals surface area (Å²) in [7, 11) is 1.65. The van der Waals surface area contributed by atoms with Crippen molar-refractivity contribution in [3.05, 3.63) is 42.0 Å². The minimum absolute atomic E-state index is 0.462. The van der Waals surface area contributed by atoms with Crippen molar-refractivity contribution in [1.82, 2.24) is 15.5 Å². The number of ether oxygens (including phenoxy) is 2. The highest BCUT2D eigenvalue weighted by molar-refractivity contribution is 5.67. The Balaban J connectivity index is 2.11. The van der Waals surface area contributed by atoms with E-state index in [2.05, 4.69) is 15.5 Å². The maximum atomic E-state index is 11.0. The summed E-state index contributed by atoms with van der Waals surface area (Å²) in [6.45, 7) is 4.77. The fourth-order valence-corrected chi connectivity index (χ4v) is 2.34. The van der Waals surface area contributed by atoms with Gasteiger partial charge in [0, 0.05) is 31.8 Å². The number of hydrogen-bond donors (Lipinski definition) is 2. The van der Waals surface area contributed by atoms with Crippen LogP contribution in [0.5, 0.6) is 5.88 Å². The van der Waals surface area contributed by atoms with Crippen LogP contribution in [0, 0.1) is 0 Å². The molecule has 0 bridgehead atoms. The third kappa shape index (κ3) is 5.42. The van der Waals surface area contributed by atoms with Crippen LogP contribution < -0.4 is 10.1 Å². The first kappa shape index (κ1) is 18.7. The average molecular weight is 345 g/mol. The largest absolute Gasteiger partial charge is 0.477 e. The van der Waals surface area contributed by atoms with Crippen LogP contribution in [-0.4, -0.2) is 41.7 Å². The van der Waals surface area contributed by atoms with E-state index < -0.39 is 11.6 Å². The van der Waals surface area contributed by atoms with Gasteiger partial charge in [-0.25, -0.2) is 4.79 Å². The van der Waals surface area contributed by atoms with E-state index in [-0.39, 0.29) is 0 Å². The topological polar surface area (TPSA) is 93.6 Å². The Bertz CT molecular complexity index is 702. The zero-order chi connectivity index (χ0) is 18.3. The number of nitrogens with one attached hydrogen (secondary N) is 1. The first-order valence-electron chi connectivity index (χ1n) is 8.00. The molecule has 1 amide bonds. The van der Waals surface area contributed by atoms with Crippen LogP contribution in [0.3, 0.4) is 0 Å². The molecule has 0 unspecified atom stereocenters. The summed E-state index contributed by atoms with van der Waals surface area (Å²) in [5, 5.41) is 19.7. The number of benzene rings is 1. The SMILES string of the molecule is COCCCOc1ccc(-c2cccc(C(C)(C)NC(=O)O)c2)nn1. The number of carbonyl (C=O) groups is 1. The van der Waals surface area contributed by atoms with E-state index in [4.69, 9.17) is 14.6 Å². The smallest absolute Gasteiger partial charge is 0.405 e. The summed E-state index contributed by atoms with van der Waals surface area (Å²) in [4.78, 5) is 11.0. The van der Waals surface area contributed by atoms with E-state index in [1.807, 2.05) is 44.2 Å². The van der Waals surface area contributed by atoms with Crippen LogP contribution in [0.25, 0.3) is 11.3 Å². The van der Waals surface area contributed by atoms with Gasteiger partial charge in [-0.3, -0.25) is 0 Å². The molecule has 0 aliphatic rings. The molecule has 2 aromatic rings. The van der Waals surface area contributed by atoms with Gasteiger partial charge in [0.05, 0.1) is 17.8 Å². The quantitative estimate of drug-likeness (QED) is 0.714. The lowest BCUT2D eigenvalue weighted by molar-refractivity contribution is 0.170. The second kappa shape index (κ2) is 8.43. The van der Waals surface area contributed by atoms with Crippen molar-refractivity contribution in [3.8, 4) is 17.1 Å². The molecule has 1 aromatic heterocycles. The highest BCUT2D eigenvalue weighted by Gasteiger charge is 2.23. The lowest BCUT2D eigenvalue weighted by atomic mass is 9.92. The Hall–Kier alpha value is -2.67. The van der Waals surface area contributed by atoms with Gasteiger partial charge < -0.3 is 19.9 Å². The summed E-state index contributed by atoms with van der Waals surface area (Å²) in [6.07, 6.45) is -0.279. The second-order valence-electron chi connectivity index (χ2n) is 6.09. The van der Waals surface area contributed by atoms with Crippen LogP contribution in [0.1, 0.15) is 25.8 Å². The summed E-state index contributed by atoms with van der Waals surface area (Å²) < 4.78 is 10.5. The molecule has 134 valence electrons. The molecule has 2 N–H and O–H groups in total. The molecular formula is C18H23N3O4. The predicted molar refractivity (Wildman–Crippen MR) is 93.6 cm³/mol. The molecule has 0 saturated carbocycles. The minimum atomic E-state index is -1.06. The molecule has 0 saturated heterocycles. The van der Waals surface area contributed by atoms with Crippen molar-refractivity contribution < 1.29 is 19.4 Å². The summed E-state index contributed by atoms with van der Waals surface area (Å²) >= 11 is 0. The van der Waals surface area contributed by atoms with E-state index in [1.54, 1.807) is 13.2 Å². The van der Waals surface area contributed by atoms with Crippen LogP contribution in [0.4, 0.5) is 4.79 Å². The van der Waals surface area contributed by atoms with Gasteiger partial charge in [-0.1, -0.05) is 18.2 Å². The van der Waals surface area contributed by atoms with Gasteiger partial charge in [0.25, 0.3) is 0 Å². The van der Waals surface area contributed by atoms with Crippen molar-refractivity contribution >= 4 is 6.09 Å². The van der Waals surface area contributed by atoms with Crippen molar-refractivity contribution in [2.75, 3.05) is 20.3 Å². The normalized spacial score (nSPS) is 11.2. The molecule has 0 aliphatic heterocycles. The van der Waals surface area contributed by atoms with Gasteiger partial charge in [0.15, 0.2) is 0 Å². The first-order chi connectivity index (χ1) is 11.9. The lowest BCUT2D eigenvalue weighted by Gasteiger charge is -2.25. The van der Waals surface area contributed by atoms with Crippen molar-refractivity contribution in [3.63, 3.8) is 0 Å². The van der Waals surface area contributed by atoms with E-state index in [0.717, 1.165) is 17.5 Å². The molecule has 1 aromatic carbocycles. The zero-order valence-corrected chi connectivity index (χ0v) is 14.7. The van der Waals surface area contributed by atoms with Crippen LogP contribution in [-0.2, 0) is 10.3 Å². The molecule has 0 spiro atoms. The number of rotatable bonds is 8. The number of nitrogens with zero attached hydrogens (tertiary/aromatic N) is 2. The predicted octanol–water partition coefficient (Wildman–Crippen LogP) is 3.06. The highest BCUT2D eigenvalue weighted by atomic mass is 16.5. The van der Waals surface area contributed by atoms with E-state index in [0.29, 0.717) is 24.8 Å². The second-order valence-corrected chi connectivity index (χ2v) is 6.09. The number of amides is 1. The van der Waals surface area contributed by atoms with Crippen LogP contribution >= 0.6 is 0 Å². The number of aromatic nitrogens is 2. The Kier molecular flexibility index (Phi) is 6.30. The maximum Gasteiger partial charge on any atom is 0.405 e. The molecule has 0 fully saturated rings. The molecule has 7 nitrogen and oxygen atoms in total. The Morgan fingerprint density at radius 1 is 1.20 bits per heavy atom. The Morgan fingerprint density at radius 3 is 2.64 bits per heavy atom. The molecule has 1 heterocycles. The summed E-state index contributed by atoms with van der Waals surface area (Å²) in [5.41, 5.74) is 1.68. The van der Waals surface area contributed by atoms with Crippen molar-refractivity contribution in [2.24, 2.45) is 0 Å². The Morgan fingerprint density at radius 2 is 2.00 bits per heavy atom. The van der Waals surface area contributed by atoms with E-state index in [9.17, 15) is 4.79 Å². The van der Waals surface area contributed by atoms with E-state index >= 15 is 0 Å². The van der Waals surface area contributed by atoms with Gasteiger partial charge in [-0.2, -0.15) is 0 Å². The number of methoxy groups -OCH3 is 1. The molecule has 2 rings (SSSR count). The first-order valence-corrected chi connectivity index (χ1v) is 8.00. The van der Waals surface area contributed by atoms with Crippen LogP contribution in [0.2, 0.25) is 0 Å². The van der Waals surface area contributed by atoms with Crippen molar-refractivity contribution in [1.29, 1.82) is 0 Å². The fourth-order valence-electron chi connectivity index (χ4n) is 2.34. The van der Waals surface area contributed by atoms with Gasteiger partial charge in [0.2, 0.25) is 5.88 Å².